The number of nitrogens with two attached hydrogens (primary N) is 1. The number of thiophene rings is 1. The number of carbonyl (C=O) groups excluding carboxylic acids is 1. The van der Waals surface area contributed by atoms with Gasteiger partial charge in [0.15, 0.2) is 0 Å². The number of hydrogen-bond acceptors (Lipinski definition) is 4. The minimum Gasteiger partial charge on any atom is -0.464 e. The lowest BCUT2D eigenvalue weighted by atomic mass is 10.2. The third-order valence-electron chi connectivity index (χ3n) is 2.44. The zero-order valence-electron chi connectivity index (χ0n) is 9.69. The molecule has 5 heteroatoms. The molecular formula is C12H14N2O2S. The van der Waals surface area contributed by atoms with Crippen LogP contribution in [0.1, 0.15) is 34.2 Å². The van der Waals surface area contributed by atoms with Crippen molar-refractivity contribution in [2.45, 2.75) is 19.9 Å². The molecule has 17 heavy (non-hydrogen) atoms. The molecule has 1 amide bonds. The Hall–Kier alpha value is -1.75. The molecule has 2 aromatic heterocycles. The highest BCUT2D eigenvalue weighted by atomic mass is 32.1. The van der Waals surface area contributed by atoms with Crippen molar-refractivity contribution in [1.29, 1.82) is 0 Å². The van der Waals surface area contributed by atoms with E-state index in [-0.39, 0.29) is 11.9 Å². The van der Waals surface area contributed by atoms with Crippen molar-refractivity contribution in [3.63, 3.8) is 0 Å². The second kappa shape index (κ2) is 4.63. The molecule has 0 spiro atoms. The largest absolute Gasteiger partial charge is 0.464 e. The van der Waals surface area contributed by atoms with Crippen molar-refractivity contribution in [2.24, 2.45) is 0 Å². The third kappa shape index (κ3) is 2.50. The van der Waals surface area contributed by atoms with Crippen LogP contribution in [0.5, 0.6) is 0 Å². The summed E-state index contributed by atoms with van der Waals surface area (Å²) >= 11 is 1.33. The van der Waals surface area contributed by atoms with E-state index in [1.54, 1.807) is 11.4 Å². The van der Waals surface area contributed by atoms with E-state index < -0.39 is 0 Å². The molecule has 0 saturated carbocycles. The van der Waals surface area contributed by atoms with Crippen LogP contribution >= 0.6 is 11.3 Å². The van der Waals surface area contributed by atoms with Crippen LogP contribution in [0.2, 0.25) is 0 Å². The van der Waals surface area contributed by atoms with Crippen LogP contribution in [0.3, 0.4) is 0 Å². The predicted molar refractivity (Wildman–Crippen MR) is 68.1 cm³/mol. The second-order valence-electron chi connectivity index (χ2n) is 3.85. The molecule has 2 rings (SSSR count). The Labute approximate surface area is 103 Å². The predicted octanol–water partition coefficient (Wildman–Crippen LogP) is 2.72. The van der Waals surface area contributed by atoms with Crippen molar-refractivity contribution in [3.8, 4) is 0 Å². The van der Waals surface area contributed by atoms with Crippen LogP contribution in [-0.4, -0.2) is 5.91 Å². The molecule has 0 aromatic carbocycles. The lowest BCUT2D eigenvalue weighted by Crippen LogP contribution is -2.26. The van der Waals surface area contributed by atoms with Crippen LogP contribution in [0.4, 0.5) is 5.69 Å². The fraction of sp³-hybridized carbons (Fsp3) is 0.250. The maximum Gasteiger partial charge on any atom is 0.264 e. The van der Waals surface area contributed by atoms with E-state index in [9.17, 15) is 4.79 Å². The lowest BCUT2D eigenvalue weighted by Gasteiger charge is -2.10. The SMILES string of the molecule is Cc1ccc(C(C)NC(=O)c2sccc2N)o1. The monoisotopic (exact) mass is 250 g/mol. The van der Waals surface area contributed by atoms with E-state index in [2.05, 4.69) is 5.32 Å². The van der Waals surface area contributed by atoms with Gasteiger partial charge >= 0.3 is 0 Å². The second-order valence-corrected chi connectivity index (χ2v) is 4.76. The molecule has 0 aliphatic carbocycles. The molecule has 1 atom stereocenters. The summed E-state index contributed by atoms with van der Waals surface area (Å²) in [5, 5.41) is 4.65. The van der Waals surface area contributed by atoms with Crippen molar-refractivity contribution >= 4 is 22.9 Å². The number of hydrogen-bond donors (Lipinski definition) is 2. The van der Waals surface area contributed by atoms with E-state index in [0.717, 1.165) is 11.5 Å². The average molecular weight is 250 g/mol. The Morgan fingerprint density at radius 2 is 2.24 bits per heavy atom. The van der Waals surface area contributed by atoms with Crippen molar-refractivity contribution in [1.82, 2.24) is 5.32 Å². The van der Waals surface area contributed by atoms with Crippen LogP contribution < -0.4 is 11.1 Å². The molecular weight excluding hydrogens is 236 g/mol. The zero-order valence-corrected chi connectivity index (χ0v) is 10.5. The highest BCUT2D eigenvalue weighted by Gasteiger charge is 2.16. The van der Waals surface area contributed by atoms with Gasteiger partial charge in [-0.05, 0) is 37.4 Å². The summed E-state index contributed by atoms with van der Waals surface area (Å²) in [6.45, 7) is 3.75. The smallest absolute Gasteiger partial charge is 0.264 e. The Balaban J connectivity index is 2.07. The maximum atomic E-state index is 11.9. The Bertz CT molecular complexity index is 530. The number of carbonyl (C=O) groups is 1. The molecule has 2 heterocycles. The summed E-state index contributed by atoms with van der Waals surface area (Å²) in [5.41, 5.74) is 6.20. The standard InChI is InChI=1S/C12H14N2O2S/c1-7-3-4-10(16-7)8(2)14-12(15)11-9(13)5-6-17-11/h3-6,8H,13H2,1-2H3,(H,14,15). The average Bonchev–Trinajstić information content (AvgIpc) is 2.86. The number of nitrogen functional groups attached to an aromatic ring is 1. The Morgan fingerprint density at radius 3 is 2.76 bits per heavy atom. The van der Waals surface area contributed by atoms with Gasteiger partial charge in [-0.15, -0.1) is 11.3 Å². The molecule has 0 aliphatic rings. The van der Waals surface area contributed by atoms with Gasteiger partial charge in [0.1, 0.15) is 16.4 Å². The summed E-state index contributed by atoms with van der Waals surface area (Å²) in [6.07, 6.45) is 0. The van der Waals surface area contributed by atoms with Gasteiger partial charge in [0.2, 0.25) is 0 Å². The molecule has 3 N–H and O–H groups in total. The summed E-state index contributed by atoms with van der Waals surface area (Å²) in [7, 11) is 0. The molecule has 0 saturated heterocycles. The van der Waals surface area contributed by atoms with Crippen LogP contribution in [0, 0.1) is 6.92 Å². The van der Waals surface area contributed by atoms with Gasteiger partial charge in [-0.25, -0.2) is 0 Å². The van der Waals surface area contributed by atoms with Crippen molar-refractivity contribution < 1.29 is 9.21 Å². The summed E-state index contributed by atoms with van der Waals surface area (Å²) < 4.78 is 5.45. The number of anilines is 1. The van der Waals surface area contributed by atoms with Gasteiger partial charge in [-0.3, -0.25) is 4.79 Å². The molecule has 0 bridgehead atoms. The van der Waals surface area contributed by atoms with Gasteiger partial charge < -0.3 is 15.5 Å². The number of rotatable bonds is 3. The third-order valence-corrected chi connectivity index (χ3v) is 3.37. The first kappa shape index (κ1) is 11.7. The lowest BCUT2D eigenvalue weighted by molar-refractivity contribution is 0.0940. The van der Waals surface area contributed by atoms with Crippen LogP contribution in [-0.2, 0) is 0 Å². The first-order valence-electron chi connectivity index (χ1n) is 5.28. The molecule has 1 unspecified atom stereocenters. The van der Waals surface area contributed by atoms with E-state index in [0.29, 0.717) is 10.6 Å². The molecule has 4 nitrogen and oxygen atoms in total. The van der Waals surface area contributed by atoms with Crippen LogP contribution in [0.15, 0.2) is 28.0 Å². The van der Waals surface area contributed by atoms with E-state index in [1.165, 1.54) is 11.3 Å². The van der Waals surface area contributed by atoms with Gasteiger partial charge in [0.05, 0.1) is 11.7 Å². The van der Waals surface area contributed by atoms with Crippen molar-refractivity contribution in [2.75, 3.05) is 5.73 Å². The Morgan fingerprint density at radius 1 is 1.47 bits per heavy atom. The van der Waals surface area contributed by atoms with E-state index in [1.807, 2.05) is 26.0 Å². The number of nitrogens with one attached hydrogen (secondary N) is 1. The summed E-state index contributed by atoms with van der Waals surface area (Å²) in [4.78, 5) is 12.4. The fourth-order valence-electron chi connectivity index (χ4n) is 1.52. The minimum atomic E-state index is -0.169. The highest BCUT2D eigenvalue weighted by Crippen LogP contribution is 2.21. The number of aryl methyl sites for hydroxylation is 1. The first-order valence-corrected chi connectivity index (χ1v) is 6.16. The van der Waals surface area contributed by atoms with Gasteiger partial charge in [0.25, 0.3) is 5.91 Å². The molecule has 0 radical (unpaired) electrons. The van der Waals surface area contributed by atoms with Crippen LogP contribution in [0.25, 0.3) is 0 Å². The highest BCUT2D eigenvalue weighted by molar-refractivity contribution is 7.12. The van der Waals surface area contributed by atoms with Gasteiger partial charge in [-0.1, -0.05) is 0 Å². The maximum absolute atomic E-state index is 11.9. The number of amides is 1. The topological polar surface area (TPSA) is 68.3 Å². The van der Waals surface area contributed by atoms with Gasteiger partial charge in [0, 0.05) is 0 Å². The van der Waals surface area contributed by atoms with Gasteiger partial charge in [-0.2, -0.15) is 0 Å². The zero-order chi connectivity index (χ0) is 12.4. The molecule has 2 aromatic rings. The van der Waals surface area contributed by atoms with E-state index >= 15 is 0 Å². The summed E-state index contributed by atoms with van der Waals surface area (Å²) in [5.74, 6) is 1.40. The molecule has 0 aliphatic heterocycles. The normalized spacial score (nSPS) is 12.4. The van der Waals surface area contributed by atoms with E-state index in [4.69, 9.17) is 10.2 Å². The Kier molecular flexibility index (Phi) is 3.19. The minimum absolute atomic E-state index is 0.168. The quantitative estimate of drug-likeness (QED) is 0.880. The fourth-order valence-corrected chi connectivity index (χ4v) is 2.24. The first-order chi connectivity index (χ1) is 8.08. The molecule has 90 valence electrons. The van der Waals surface area contributed by atoms with Crippen molar-refractivity contribution in [3.05, 3.63) is 40.0 Å². The number of furan rings is 1. The molecule has 0 fully saturated rings. The summed E-state index contributed by atoms with van der Waals surface area (Å²) in [6, 6.07) is 5.29.